The van der Waals surface area contributed by atoms with Gasteiger partial charge in [-0.25, -0.2) is 14.4 Å². The number of nitrogens with zero attached hydrogens (tertiary/aromatic N) is 2. The summed E-state index contributed by atoms with van der Waals surface area (Å²) in [7, 11) is 0. The average molecular weight is 561 g/mol. The lowest BCUT2D eigenvalue weighted by Gasteiger charge is -2.20. The molecule has 0 aliphatic carbocycles. The SMILES string of the molecule is Nc1ccn(C2OC(COC(=O)c3ccccc3)C(OC(=O)c3ccccc3)C2I)c(=O)n1. The quantitative estimate of drug-likeness (QED) is 0.277. The summed E-state index contributed by atoms with van der Waals surface area (Å²) in [6, 6.07) is 18.5. The third-order valence-corrected chi connectivity index (χ3v) is 6.36. The number of carbonyl (C=O) groups excluding carboxylic acids is 2. The Morgan fingerprint density at radius 3 is 2.21 bits per heavy atom. The first-order valence-electron chi connectivity index (χ1n) is 10.1. The minimum absolute atomic E-state index is 0.0830. The Kier molecular flexibility index (Phi) is 7.04. The molecule has 4 atom stereocenters. The van der Waals surface area contributed by atoms with Crippen LogP contribution in [0.3, 0.4) is 0 Å². The molecule has 4 unspecified atom stereocenters. The number of esters is 2. The molecule has 33 heavy (non-hydrogen) atoms. The number of aromatic nitrogens is 2. The summed E-state index contributed by atoms with van der Waals surface area (Å²) in [6.45, 7) is -0.173. The summed E-state index contributed by atoms with van der Waals surface area (Å²) < 4.78 is 18.0. The summed E-state index contributed by atoms with van der Waals surface area (Å²) in [5.41, 5.74) is 5.74. The normalized spacial score (nSPS) is 22.0. The van der Waals surface area contributed by atoms with Crippen LogP contribution < -0.4 is 11.4 Å². The molecule has 1 saturated heterocycles. The second-order valence-corrected chi connectivity index (χ2v) is 8.69. The zero-order valence-corrected chi connectivity index (χ0v) is 19.4. The van der Waals surface area contributed by atoms with E-state index >= 15 is 0 Å². The fraction of sp³-hybridized carbons (Fsp3) is 0.217. The number of rotatable bonds is 6. The van der Waals surface area contributed by atoms with Crippen molar-refractivity contribution in [2.45, 2.75) is 22.4 Å². The predicted octanol–water partition coefficient (Wildman–Crippen LogP) is 2.61. The molecule has 1 fully saturated rings. The van der Waals surface area contributed by atoms with E-state index in [1.807, 2.05) is 0 Å². The van der Waals surface area contributed by atoms with Crippen molar-refractivity contribution < 1.29 is 23.8 Å². The highest BCUT2D eigenvalue weighted by molar-refractivity contribution is 14.1. The predicted molar refractivity (Wildman–Crippen MR) is 127 cm³/mol. The van der Waals surface area contributed by atoms with Gasteiger partial charge in [0.1, 0.15) is 24.6 Å². The third-order valence-electron chi connectivity index (χ3n) is 5.03. The van der Waals surface area contributed by atoms with Crippen LogP contribution in [0.25, 0.3) is 0 Å². The molecular weight excluding hydrogens is 541 g/mol. The van der Waals surface area contributed by atoms with Gasteiger partial charge >= 0.3 is 17.6 Å². The number of anilines is 1. The molecule has 1 aliphatic heterocycles. The van der Waals surface area contributed by atoms with Crippen molar-refractivity contribution in [1.82, 2.24) is 9.55 Å². The minimum atomic E-state index is -0.805. The monoisotopic (exact) mass is 561 g/mol. The molecule has 2 heterocycles. The highest BCUT2D eigenvalue weighted by atomic mass is 127. The van der Waals surface area contributed by atoms with E-state index in [1.165, 1.54) is 16.8 Å². The number of nitrogens with two attached hydrogens (primary N) is 1. The topological polar surface area (TPSA) is 123 Å². The van der Waals surface area contributed by atoms with Crippen LogP contribution in [0.2, 0.25) is 0 Å². The van der Waals surface area contributed by atoms with Gasteiger partial charge in [-0.05, 0) is 30.3 Å². The van der Waals surface area contributed by atoms with Gasteiger partial charge < -0.3 is 19.9 Å². The number of carbonyl (C=O) groups is 2. The lowest BCUT2D eigenvalue weighted by atomic mass is 10.1. The van der Waals surface area contributed by atoms with Crippen molar-refractivity contribution in [1.29, 1.82) is 0 Å². The van der Waals surface area contributed by atoms with Crippen LogP contribution in [0.4, 0.5) is 5.82 Å². The molecule has 2 aromatic carbocycles. The van der Waals surface area contributed by atoms with Crippen molar-refractivity contribution in [2.24, 2.45) is 0 Å². The van der Waals surface area contributed by atoms with Gasteiger partial charge in [-0.15, -0.1) is 0 Å². The first-order valence-corrected chi connectivity index (χ1v) is 11.3. The number of hydrogen-bond acceptors (Lipinski definition) is 8. The first kappa shape index (κ1) is 22.9. The molecule has 3 aromatic rings. The number of halogens is 1. The van der Waals surface area contributed by atoms with E-state index in [9.17, 15) is 14.4 Å². The highest BCUT2D eigenvalue weighted by Crippen LogP contribution is 2.37. The average Bonchev–Trinajstić information content (AvgIpc) is 3.13. The summed E-state index contributed by atoms with van der Waals surface area (Å²) in [4.78, 5) is 41.2. The van der Waals surface area contributed by atoms with Crippen LogP contribution >= 0.6 is 22.6 Å². The molecule has 10 heteroatoms. The smallest absolute Gasteiger partial charge is 0.351 e. The van der Waals surface area contributed by atoms with Gasteiger partial charge in [0.15, 0.2) is 6.23 Å². The van der Waals surface area contributed by atoms with Crippen LogP contribution in [0, 0.1) is 0 Å². The van der Waals surface area contributed by atoms with E-state index in [0.717, 1.165) is 0 Å². The third kappa shape index (κ3) is 5.22. The Morgan fingerprint density at radius 1 is 1.00 bits per heavy atom. The summed E-state index contributed by atoms with van der Waals surface area (Å²) in [5, 5.41) is 0. The second kappa shape index (κ2) is 10.1. The number of alkyl halides is 1. The molecule has 4 rings (SSSR count). The molecule has 170 valence electrons. The lowest BCUT2D eigenvalue weighted by molar-refractivity contribution is -0.0581. The number of ether oxygens (including phenoxy) is 3. The minimum Gasteiger partial charge on any atom is -0.459 e. The number of benzene rings is 2. The molecule has 0 saturated carbocycles. The van der Waals surface area contributed by atoms with Crippen LogP contribution in [-0.4, -0.2) is 44.2 Å². The van der Waals surface area contributed by atoms with E-state index in [2.05, 4.69) is 27.6 Å². The van der Waals surface area contributed by atoms with Gasteiger partial charge in [0.25, 0.3) is 0 Å². The van der Waals surface area contributed by atoms with E-state index in [0.29, 0.717) is 11.1 Å². The highest BCUT2D eigenvalue weighted by Gasteiger charge is 2.47. The van der Waals surface area contributed by atoms with Gasteiger partial charge in [0.05, 0.1) is 15.1 Å². The van der Waals surface area contributed by atoms with Crippen LogP contribution in [0.15, 0.2) is 77.7 Å². The van der Waals surface area contributed by atoms with E-state index in [4.69, 9.17) is 19.9 Å². The van der Waals surface area contributed by atoms with Gasteiger partial charge in [-0.2, -0.15) is 4.98 Å². The van der Waals surface area contributed by atoms with Crippen LogP contribution in [-0.2, 0) is 14.2 Å². The molecule has 0 radical (unpaired) electrons. The standard InChI is InChI=1S/C23H20IN3O6/c24-18-19(33-22(29)15-9-5-2-6-10-15)16(13-31-21(28)14-7-3-1-4-8-14)32-20(18)27-12-11-17(25)26-23(27)30/h1-12,16,18-20H,13H2,(H2,25,26,30). The molecule has 0 spiro atoms. The van der Waals surface area contributed by atoms with E-state index in [-0.39, 0.29) is 12.4 Å². The van der Waals surface area contributed by atoms with Gasteiger partial charge in [-0.1, -0.05) is 59.0 Å². The summed E-state index contributed by atoms with van der Waals surface area (Å²) in [5.74, 6) is -1.000. The maximum absolute atomic E-state index is 12.7. The van der Waals surface area contributed by atoms with Crippen molar-refractivity contribution >= 4 is 40.3 Å². The maximum Gasteiger partial charge on any atom is 0.351 e. The van der Waals surface area contributed by atoms with Gasteiger partial charge in [0, 0.05) is 6.20 Å². The number of nitrogen functional groups attached to an aromatic ring is 1. The van der Waals surface area contributed by atoms with Crippen molar-refractivity contribution in [3.8, 4) is 0 Å². The van der Waals surface area contributed by atoms with Gasteiger partial charge in [0.2, 0.25) is 0 Å². The van der Waals surface area contributed by atoms with Crippen LogP contribution in [0.1, 0.15) is 26.9 Å². The molecule has 0 bridgehead atoms. The largest absolute Gasteiger partial charge is 0.459 e. The molecular formula is C23H20IN3O6. The molecule has 1 aliphatic rings. The molecule has 9 nitrogen and oxygen atoms in total. The number of hydrogen-bond donors (Lipinski definition) is 1. The molecule has 1 aromatic heterocycles. The van der Waals surface area contributed by atoms with Gasteiger partial charge in [-0.3, -0.25) is 4.57 Å². The van der Waals surface area contributed by atoms with Crippen molar-refractivity contribution in [2.75, 3.05) is 12.3 Å². The van der Waals surface area contributed by atoms with E-state index in [1.54, 1.807) is 60.7 Å². The molecule has 2 N–H and O–H groups in total. The second-order valence-electron chi connectivity index (χ2n) is 7.25. The lowest BCUT2D eigenvalue weighted by Crippen LogP contribution is -2.37. The Balaban J connectivity index is 1.56. The van der Waals surface area contributed by atoms with Crippen molar-refractivity contribution in [3.05, 3.63) is 94.5 Å². The van der Waals surface area contributed by atoms with E-state index < -0.39 is 40.0 Å². The Labute approximate surface area is 202 Å². The molecule has 0 amide bonds. The fourth-order valence-corrected chi connectivity index (χ4v) is 4.52. The first-order chi connectivity index (χ1) is 15.9. The van der Waals surface area contributed by atoms with Crippen LogP contribution in [0.5, 0.6) is 0 Å². The summed E-state index contributed by atoms with van der Waals surface area (Å²) >= 11 is 2.06. The zero-order chi connectivity index (χ0) is 23.4. The Bertz CT molecular complexity index is 1190. The fourth-order valence-electron chi connectivity index (χ4n) is 3.39. The Morgan fingerprint density at radius 2 is 1.61 bits per heavy atom. The maximum atomic E-state index is 12.7. The summed E-state index contributed by atoms with van der Waals surface area (Å²) in [6.07, 6.45) is -0.937. The van der Waals surface area contributed by atoms with Crippen molar-refractivity contribution in [3.63, 3.8) is 0 Å². The Hall–Kier alpha value is -3.25. The zero-order valence-electron chi connectivity index (χ0n) is 17.2.